The van der Waals surface area contributed by atoms with Crippen molar-refractivity contribution in [2.75, 3.05) is 18.9 Å². The number of carbonyl (C=O) groups is 2. The second-order valence-corrected chi connectivity index (χ2v) is 5.12. The minimum absolute atomic E-state index is 0.136. The van der Waals surface area contributed by atoms with E-state index in [2.05, 4.69) is 5.32 Å². The van der Waals surface area contributed by atoms with Crippen molar-refractivity contribution in [2.45, 2.75) is 13.5 Å². The van der Waals surface area contributed by atoms with Crippen LogP contribution in [-0.2, 0) is 11.3 Å². The zero-order chi connectivity index (χ0) is 16.1. The molecule has 1 heterocycles. The quantitative estimate of drug-likeness (QED) is 0.856. The van der Waals surface area contributed by atoms with E-state index in [0.717, 1.165) is 11.5 Å². The molecule has 2 rings (SSSR count). The smallest absolute Gasteiger partial charge is 0.335 e. The topological polar surface area (TPSA) is 82.8 Å². The maximum absolute atomic E-state index is 12.0. The van der Waals surface area contributed by atoms with Crippen molar-refractivity contribution in [1.29, 1.82) is 0 Å². The van der Waals surface area contributed by atoms with Crippen molar-refractivity contribution in [3.05, 3.63) is 53.5 Å². The Hall–Kier alpha value is -2.60. The number of nitrogens with one attached hydrogen (secondary N) is 1. The predicted octanol–water partition coefficient (Wildman–Crippen LogP) is 2.36. The summed E-state index contributed by atoms with van der Waals surface area (Å²) in [5, 5.41) is 11.6. The van der Waals surface area contributed by atoms with Gasteiger partial charge in [-0.2, -0.15) is 0 Å². The minimum Gasteiger partial charge on any atom is -0.478 e. The number of carboxylic acids is 1. The van der Waals surface area contributed by atoms with E-state index in [-0.39, 0.29) is 18.0 Å². The molecule has 0 saturated carbocycles. The summed E-state index contributed by atoms with van der Waals surface area (Å²) in [6.45, 7) is 2.57. The van der Waals surface area contributed by atoms with Crippen molar-refractivity contribution in [1.82, 2.24) is 4.90 Å². The second kappa shape index (κ2) is 6.91. The molecule has 0 fully saturated rings. The lowest BCUT2D eigenvalue weighted by molar-refractivity contribution is -0.117. The lowest BCUT2D eigenvalue weighted by atomic mass is 10.2. The largest absolute Gasteiger partial charge is 0.478 e. The Labute approximate surface area is 128 Å². The number of likely N-dealkylation sites (N-methyl/N-ethyl adjacent to an activating group) is 1. The number of aromatic carboxylic acids is 1. The molecule has 0 radical (unpaired) electrons. The van der Waals surface area contributed by atoms with Crippen molar-refractivity contribution in [2.24, 2.45) is 0 Å². The summed E-state index contributed by atoms with van der Waals surface area (Å²) in [4.78, 5) is 24.7. The van der Waals surface area contributed by atoms with Gasteiger partial charge in [0, 0.05) is 5.69 Å². The highest BCUT2D eigenvalue weighted by Gasteiger charge is 2.10. The van der Waals surface area contributed by atoms with Gasteiger partial charge in [-0.25, -0.2) is 4.79 Å². The molecule has 1 aromatic carbocycles. The van der Waals surface area contributed by atoms with Gasteiger partial charge in [0.2, 0.25) is 5.91 Å². The number of carbonyl (C=O) groups excluding carboxylic acids is 1. The third-order valence-electron chi connectivity index (χ3n) is 3.03. The van der Waals surface area contributed by atoms with E-state index < -0.39 is 5.97 Å². The summed E-state index contributed by atoms with van der Waals surface area (Å²) in [5.41, 5.74) is 0.601. The molecular formula is C16H18N2O4. The van der Waals surface area contributed by atoms with E-state index in [4.69, 9.17) is 9.52 Å². The fourth-order valence-electron chi connectivity index (χ4n) is 2.07. The van der Waals surface area contributed by atoms with Gasteiger partial charge in [-0.1, -0.05) is 6.07 Å². The van der Waals surface area contributed by atoms with Gasteiger partial charge in [-0.3, -0.25) is 9.69 Å². The van der Waals surface area contributed by atoms with Gasteiger partial charge in [0.1, 0.15) is 11.5 Å². The Bertz CT molecular complexity index is 678. The monoisotopic (exact) mass is 302 g/mol. The summed E-state index contributed by atoms with van der Waals surface area (Å²) in [6.07, 6.45) is 0. The van der Waals surface area contributed by atoms with Crippen LogP contribution in [0.25, 0.3) is 0 Å². The maximum atomic E-state index is 12.0. The number of rotatable bonds is 6. The van der Waals surface area contributed by atoms with Crippen LogP contribution in [0.5, 0.6) is 0 Å². The molecular weight excluding hydrogens is 284 g/mol. The lowest BCUT2D eigenvalue weighted by Crippen LogP contribution is -2.29. The molecule has 2 N–H and O–H groups in total. The Morgan fingerprint density at radius 3 is 2.68 bits per heavy atom. The van der Waals surface area contributed by atoms with Gasteiger partial charge in [0.05, 0.1) is 18.7 Å². The van der Waals surface area contributed by atoms with E-state index in [0.29, 0.717) is 12.2 Å². The normalized spacial score (nSPS) is 10.7. The van der Waals surface area contributed by atoms with Crippen LogP contribution < -0.4 is 5.32 Å². The highest BCUT2D eigenvalue weighted by molar-refractivity contribution is 5.94. The van der Waals surface area contributed by atoms with Gasteiger partial charge in [-0.15, -0.1) is 0 Å². The molecule has 22 heavy (non-hydrogen) atoms. The third kappa shape index (κ3) is 4.46. The average Bonchev–Trinajstić information content (AvgIpc) is 2.83. The summed E-state index contributed by atoms with van der Waals surface area (Å²) >= 11 is 0. The molecule has 0 aliphatic carbocycles. The van der Waals surface area contributed by atoms with Crippen LogP contribution in [-0.4, -0.2) is 35.5 Å². The van der Waals surface area contributed by atoms with Crippen LogP contribution in [0.4, 0.5) is 5.69 Å². The summed E-state index contributed by atoms with van der Waals surface area (Å²) < 4.78 is 5.46. The van der Waals surface area contributed by atoms with E-state index in [1.54, 1.807) is 12.1 Å². The summed E-state index contributed by atoms with van der Waals surface area (Å²) in [5.74, 6) is 0.383. The first-order chi connectivity index (χ1) is 10.4. The van der Waals surface area contributed by atoms with Gasteiger partial charge in [-0.05, 0) is 44.3 Å². The number of hydrogen-bond acceptors (Lipinski definition) is 4. The number of benzene rings is 1. The first-order valence-corrected chi connectivity index (χ1v) is 6.81. The first-order valence-electron chi connectivity index (χ1n) is 6.81. The minimum atomic E-state index is -1.03. The zero-order valence-corrected chi connectivity index (χ0v) is 12.5. The predicted molar refractivity (Wildman–Crippen MR) is 81.8 cm³/mol. The molecule has 0 bridgehead atoms. The Kier molecular flexibility index (Phi) is 4.95. The van der Waals surface area contributed by atoms with Crippen molar-refractivity contribution < 1.29 is 19.1 Å². The molecule has 1 aromatic heterocycles. The summed E-state index contributed by atoms with van der Waals surface area (Å²) in [7, 11) is 1.81. The molecule has 0 aliphatic rings. The van der Waals surface area contributed by atoms with Gasteiger partial charge < -0.3 is 14.8 Å². The van der Waals surface area contributed by atoms with Crippen LogP contribution in [0.3, 0.4) is 0 Å². The Morgan fingerprint density at radius 1 is 1.27 bits per heavy atom. The number of furan rings is 1. The molecule has 0 spiro atoms. The Balaban J connectivity index is 1.89. The van der Waals surface area contributed by atoms with Crippen molar-refractivity contribution in [3.63, 3.8) is 0 Å². The lowest BCUT2D eigenvalue weighted by Gasteiger charge is -2.15. The van der Waals surface area contributed by atoms with E-state index in [1.807, 2.05) is 31.0 Å². The van der Waals surface area contributed by atoms with Crippen molar-refractivity contribution >= 4 is 17.6 Å². The van der Waals surface area contributed by atoms with Gasteiger partial charge in [0.25, 0.3) is 0 Å². The zero-order valence-electron chi connectivity index (χ0n) is 12.5. The fraction of sp³-hybridized carbons (Fsp3) is 0.250. The molecule has 116 valence electrons. The first kappa shape index (κ1) is 15.8. The number of nitrogens with zero attached hydrogens (tertiary/aromatic N) is 1. The molecule has 1 amide bonds. The van der Waals surface area contributed by atoms with Crippen molar-refractivity contribution in [3.8, 4) is 0 Å². The highest BCUT2D eigenvalue weighted by atomic mass is 16.4. The molecule has 0 unspecified atom stereocenters. The maximum Gasteiger partial charge on any atom is 0.335 e. The molecule has 6 nitrogen and oxygen atoms in total. The highest BCUT2D eigenvalue weighted by Crippen LogP contribution is 2.11. The number of hydrogen-bond donors (Lipinski definition) is 2. The van der Waals surface area contributed by atoms with Gasteiger partial charge >= 0.3 is 5.97 Å². The van der Waals surface area contributed by atoms with Crippen LogP contribution in [0.2, 0.25) is 0 Å². The van der Waals surface area contributed by atoms with Gasteiger partial charge in [0.15, 0.2) is 0 Å². The Morgan fingerprint density at radius 2 is 2.05 bits per heavy atom. The third-order valence-corrected chi connectivity index (χ3v) is 3.03. The molecule has 0 aliphatic heterocycles. The standard InChI is InChI=1S/C16H18N2O4/c1-11-6-7-14(22-11)9-18(2)10-15(19)17-13-5-3-4-12(8-13)16(20)21/h3-8H,9-10H2,1-2H3,(H,17,19)(H,20,21). The summed E-state index contributed by atoms with van der Waals surface area (Å²) in [6, 6.07) is 9.90. The average molecular weight is 302 g/mol. The SMILES string of the molecule is Cc1ccc(CN(C)CC(=O)Nc2cccc(C(=O)O)c2)o1. The van der Waals surface area contributed by atoms with Crippen LogP contribution in [0, 0.1) is 6.92 Å². The number of aryl methyl sites for hydroxylation is 1. The fourth-order valence-corrected chi connectivity index (χ4v) is 2.07. The molecule has 6 heteroatoms. The number of amides is 1. The molecule has 0 saturated heterocycles. The molecule has 2 aromatic rings. The van der Waals surface area contributed by atoms with Crippen LogP contribution in [0.15, 0.2) is 40.8 Å². The van der Waals surface area contributed by atoms with E-state index >= 15 is 0 Å². The van der Waals surface area contributed by atoms with E-state index in [1.165, 1.54) is 12.1 Å². The molecule has 0 atom stereocenters. The number of anilines is 1. The van der Waals surface area contributed by atoms with E-state index in [9.17, 15) is 9.59 Å². The second-order valence-electron chi connectivity index (χ2n) is 5.12. The van der Waals surface area contributed by atoms with Crippen LogP contribution >= 0.6 is 0 Å². The van der Waals surface area contributed by atoms with Crippen LogP contribution in [0.1, 0.15) is 21.9 Å². The number of carboxylic acid groups (broad SMARTS) is 1.